The molecule has 14 heteroatoms. The first kappa shape index (κ1) is 23.7. The molecule has 0 saturated carbocycles. The van der Waals surface area contributed by atoms with Gasteiger partial charge in [-0.25, -0.2) is 29.9 Å². The number of piperidine rings is 1. The molecule has 218 valence electrons. The predicted octanol–water partition coefficient (Wildman–Crippen LogP) is 2.99. The molecular formula is C30H28N14. The van der Waals surface area contributed by atoms with Gasteiger partial charge in [0.15, 0.2) is 17.3 Å². The highest BCUT2D eigenvalue weighted by atomic mass is 15.4. The van der Waals surface area contributed by atoms with Crippen LogP contribution in [-0.4, -0.2) is 73.5 Å². The van der Waals surface area contributed by atoms with Crippen molar-refractivity contribution < 1.29 is 4.11 Å². The van der Waals surface area contributed by atoms with Crippen LogP contribution in [0.25, 0.3) is 39.8 Å². The molecule has 0 aliphatic carbocycles. The summed E-state index contributed by atoms with van der Waals surface area (Å²) in [5.41, 5.74) is 10.4. The molecule has 0 spiro atoms. The molecule has 0 unspecified atom stereocenters. The third-order valence-electron chi connectivity index (χ3n) is 7.49. The molecule has 44 heavy (non-hydrogen) atoms. The van der Waals surface area contributed by atoms with E-state index in [1.165, 1.54) is 12.4 Å². The Kier molecular flexibility index (Phi) is 6.18. The molecule has 6 heterocycles. The topological polar surface area (TPSA) is 178 Å². The van der Waals surface area contributed by atoms with Gasteiger partial charge in [-0.05, 0) is 48.7 Å². The predicted molar refractivity (Wildman–Crippen MR) is 163 cm³/mol. The zero-order valence-electron chi connectivity index (χ0n) is 26.4. The Labute approximate surface area is 256 Å². The number of aromatic nitrogens is 10. The van der Waals surface area contributed by atoms with Crippen molar-refractivity contribution in [1.29, 1.82) is 5.26 Å². The van der Waals surface area contributed by atoms with Crippen molar-refractivity contribution in [3.8, 4) is 34.7 Å². The molecule has 0 atom stereocenters. The van der Waals surface area contributed by atoms with Gasteiger partial charge in [-0.3, -0.25) is 9.47 Å². The Morgan fingerprint density at radius 1 is 0.977 bits per heavy atom. The minimum Gasteiger partial charge on any atom is -0.382 e. The Hall–Kier alpha value is -5.81. The second kappa shape index (κ2) is 11.5. The summed E-state index contributed by atoms with van der Waals surface area (Å²) < 4.78 is 24.7. The van der Waals surface area contributed by atoms with Crippen LogP contribution >= 0.6 is 0 Å². The van der Waals surface area contributed by atoms with E-state index in [1.807, 2.05) is 22.8 Å². The van der Waals surface area contributed by atoms with E-state index in [2.05, 4.69) is 52.5 Å². The van der Waals surface area contributed by atoms with Crippen LogP contribution in [0.3, 0.4) is 0 Å². The van der Waals surface area contributed by atoms with Crippen molar-refractivity contribution in [2.75, 3.05) is 24.1 Å². The van der Waals surface area contributed by atoms with Crippen LogP contribution in [-0.2, 0) is 13.5 Å². The largest absolute Gasteiger partial charge is 0.382 e. The quantitative estimate of drug-likeness (QED) is 0.279. The van der Waals surface area contributed by atoms with Crippen molar-refractivity contribution in [3.63, 3.8) is 0 Å². The van der Waals surface area contributed by atoms with E-state index in [4.69, 9.17) is 25.1 Å². The van der Waals surface area contributed by atoms with Crippen LogP contribution in [0.2, 0.25) is 0 Å². The molecule has 7 rings (SSSR count). The smallest absolute Gasteiger partial charge is 0.234 e. The molecule has 1 aliphatic rings. The van der Waals surface area contributed by atoms with Crippen molar-refractivity contribution in [1.82, 2.24) is 54.4 Å². The molecule has 1 fully saturated rings. The van der Waals surface area contributed by atoms with E-state index in [0.29, 0.717) is 44.7 Å². The Morgan fingerprint density at radius 3 is 2.59 bits per heavy atom. The lowest BCUT2D eigenvalue weighted by Crippen LogP contribution is -2.38. The van der Waals surface area contributed by atoms with E-state index < -0.39 is 6.98 Å². The fourth-order valence-corrected chi connectivity index (χ4v) is 5.35. The number of nitriles is 1. The first-order chi connectivity index (χ1) is 22.7. The molecule has 1 aliphatic heterocycles. The lowest BCUT2D eigenvalue weighted by molar-refractivity contribution is 0.211. The number of pyridine rings is 1. The number of fused-ring (bicyclic) bond motifs is 1. The highest BCUT2D eigenvalue weighted by molar-refractivity contribution is 5.83. The second-order valence-electron chi connectivity index (χ2n) is 10.4. The van der Waals surface area contributed by atoms with Crippen LogP contribution in [0.4, 0.5) is 11.6 Å². The van der Waals surface area contributed by atoms with Crippen LogP contribution in [0.5, 0.6) is 0 Å². The highest BCUT2D eigenvalue weighted by Gasteiger charge is 2.22. The van der Waals surface area contributed by atoms with E-state index in [9.17, 15) is 0 Å². The number of hydrogen-bond acceptors (Lipinski definition) is 12. The zero-order valence-corrected chi connectivity index (χ0v) is 23.4. The molecule has 1 saturated heterocycles. The number of benzene rings is 1. The fourth-order valence-electron chi connectivity index (χ4n) is 5.35. The number of nitrogens with zero attached hydrogens (tertiary/aromatic N) is 12. The van der Waals surface area contributed by atoms with Crippen LogP contribution < -0.4 is 11.1 Å². The van der Waals surface area contributed by atoms with Gasteiger partial charge in [0.1, 0.15) is 28.8 Å². The van der Waals surface area contributed by atoms with Crippen LogP contribution in [0.1, 0.15) is 28.3 Å². The third kappa shape index (κ3) is 5.39. The van der Waals surface area contributed by atoms with E-state index in [-0.39, 0.29) is 17.7 Å². The summed E-state index contributed by atoms with van der Waals surface area (Å²) in [6.45, 7) is 0.110. The van der Waals surface area contributed by atoms with Crippen LogP contribution in [0, 0.1) is 11.3 Å². The van der Waals surface area contributed by atoms with Gasteiger partial charge >= 0.3 is 0 Å². The first-order valence-electron chi connectivity index (χ1n) is 15.5. The molecule has 5 aromatic heterocycles. The van der Waals surface area contributed by atoms with Crippen molar-refractivity contribution in [2.45, 2.75) is 25.4 Å². The summed E-state index contributed by atoms with van der Waals surface area (Å²) in [7, 11) is 0. The molecule has 1 aromatic carbocycles. The Bertz CT molecular complexity index is 2090. The maximum atomic E-state index is 9.07. The van der Waals surface area contributed by atoms with Gasteiger partial charge in [0.05, 0.1) is 11.9 Å². The summed E-state index contributed by atoms with van der Waals surface area (Å²) >= 11 is 0. The molecule has 3 N–H and O–H groups in total. The zero-order chi connectivity index (χ0) is 32.5. The summed E-state index contributed by atoms with van der Waals surface area (Å²) in [6.07, 6.45) is 7.93. The Balaban J connectivity index is 1.14. The van der Waals surface area contributed by atoms with Gasteiger partial charge in [-0.15, -0.1) is 0 Å². The monoisotopic (exact) mass is 587 g/mol. The highest BCUT2D eigenvalue weighted by Crippen LogP contribution is 2.30. The van der Waals surface area contributed by atoms with Crippen molar-refractivity contribution in [2.24, 2.45) is 6.98 Å². The number of imidazole rings is 1. The third-order valence-corrected chi connectivity index (χ3v) is 7.49. The number of aryl methyl sites for hydroxylation is 1. The number of nitrogens with one attached hydrogen (secondary N) is 1. The maximum Gasteiger partial charge on any atom is 0.234 e. The number of hydrogen-bond donors (Lipinski definition) is 2. The van der Waals surface area contributed by atoms with Gasteiger partial charge in [0.2, 0.25) is 5.82 Å². The average molecular weight is 588 g/mol. The summed E-state index contributed by atoms with van der Waals surface area (Å²) in [5.74, 6) is 1.52. The van der Waals surface area contributed by atoms with E-state index in [1.54, 1.807) is 30.6 Å². The standard InChI is InChI=1S/C30H28N14/c1-42-36-17-24(41-42)22-6-7-23-29(38-22)44(30(39-23)27-28(32)35-13-12-34-27)21-4-2-19(3-5-21)18-43-14-9-20(10-15-43)37-25-8-11-33-26(16-31)40-25/h2-8,11-13,17,20H,9-10,14-15,18H2,1H3,(H2,32,35)(H,33,37,40)/i1D3. The fraction of sp³-hybridized carbons (Fsp3) is 0.233. The molecular weight excluding hydrogens is 556 g/mol. The van der Waals surface area contributed by atoms with Crippen LogP contribution in [0.15, 0.2) is 67.3 Å². The van der Waals surface area contributed by atoms with E-state index in [0.717, 1.165) is 43.7 Å². The van der Waals surface area contributed by atoms with Gasteiger partial charge in [-0.2, -0.15) is 20.3 Å². The van der Waals surface area contributed by atoms with Gasteiger partial charge in [0.25, 0.3) is 0 Å². The van der Waals surface area contributed by atoms with E-state index >= 15 is 0 Å². The minimum atomic E-state index is -2.50. The van der Waals surface area contributed by atoms with Crippen molar-refractivity contribution in [3.05, 3.63) is 78.6 Å². The summed E-state index contributed by atoms with van der Waals surface area (Å²) in [6, 6.07) is 15.7. The number of rotatable bonds is 7. The lowest BCUT2D eigenvalue weighted by Gasteiger charge is -2.32. The average Bonchev–Trinajstić information content (AvgIpc) is 3.72. The maximum absolute atomic E-state index is 9.07. The summed E-state index contributed by atoms with van der Waals surface area (Å²) in [5, 5.41) is 20.5. The molecule has 14 nitrogen and oxygen atoms in total. The normalized spacial score (nSPS) is 15.4. The Morgan fingerprint density at radius 2 is 1.82 bits per heavy atom. The molecule has 6 aromatic rings. The van der Waals surface area contributed by atoms with Crippen molar-refractivity contribution >= 4 is 22.8 Å². The number of nitrogen functional groups attached to an aromatic ring is 1. The first-order valence-corrected chi connectivity index (χ1v) is 14.0. The SMILES string of the molecule is [2H]C([2H])([2H])n1ncc(-c2ccc3nc(-c4nccnc4N)n(-c4ccc(CN5CCC(Nc6ccnc(C#N)n6)CC5)cc4)c3n2)n1. The lowest BCUT2D eigenvalue weighted by atomic mass is 10.0. The molecule has 0 radical (unpaired) electrons. The summed E-state index contributed by atoms with van der Waals surface area (Å²) in [4.78, 5) is 29.6. The number of nitrogens with two attached hydrogens (primary N) is 1. The van der Waals surface area contributed by atoms with Gasteiger partial charge in [0, 0.05) is 61.0 Å². The second-order valence-corrected chi connectivity index (χ2v) is 10.4. The minimum absolute atomic E-state index is 0.156. The number of likely N-dealkylation sites (tertiary alicyclic amines) is 1. The molecule has 0 bridgehead atoms. The van der Waals surface area contributed by atoms with Gasteiger partial charge in [-0.1, -0.05) is 12.1 Å². The van der Waals surface area contributed by atoms with Gasteiger partial charge < -0.3 is 11.1 Å². The molecule has 0 amide bonds. The number of anilines is 2.